The molecule has 0 amide bonds. The molecular weight excluding hydrogens is 494 g/mol. The second-order valence-corrected chi connectivity index (χ2v) is 11.0. The van der Waals surface area contributed by atoms with Crippen LogP contribution in [0, 0.1) is 11.2 Å². The third kappa shape index (κ3) is 4.15. The second-order valence-electron chi connectivity index (χ2n) is 11.0. The zero-order valence-electron chi connectivity index (χ0n) is 22.0. The molecule has 6 rings (SSSR count). The van der Waals surface area contributed by atoms with Gasteiger partial charge in [0.2, 0.25) is 11.8 Å². The van der Waals surface area contributed by atoms with Gasteiger partial charge in [0.25, 0.3) is 0 Å². The number of alkyl halides is 1. The minimum atomic E-state index is -0.589. The van der Waals surface area contributed by atoms with Gasteiger partial charge in [-0.25, -0.2) is 18.0 Å². The van der Waals surface area contributed by atoms with E-state index in [2.05, 4.69) is 44.5 Å². The molecule has 2 atom stereocenters. The lowest BCUT2D eigenvalue weighted by Crippen LogP contribution is -2.59. The number of piperidine rings is 1. The number of likely N-dealkylation sites (tertiary alicyclic amines) is 1. The van der Waals surface area contributed by atoms with E-state index >= 15 is 4.39 Å². The lowest BCUT2D eigenvalue weighted by molar-refractivity contribution is -0.0860. The zero-order valence-corrected chi connectivity index (χ0v) is 22.0. The molecule has 3 aromatic heterocycles. The maximum Gasteiger partial charge on any atom is 0.244 e. The van der Waals surface area contributed by atoms with E-state index in [4.69, 9.17) is 9.47 Å². The normalized spacial score (nSPS) is 21.1. The van der Waals surface area contributed by atoms with Gasteiger partial charge in [-0.3, -0.25) is 4.90 Å². The largest absolute Gasteiger partial charge is 0.479 e. The van der Waals surface area contributed by atoms with Crippen molar-refractivity contribution in [3.05, 3.63) is 30.2 Å². The Bertz CT molecular complexity index is 1480. The average molecular weight is 527 g/mol. The fourth-order valence-electron chi connectivity index (χ4n) is 5.55. The SMILES string of the molecule is COc1nc(N[C@H]2CCN(C3COC3)CC2(C)C)nn2cc(F)c(-c3ccc4nnn([C@H](C)CF)c4c3)c12. The van der Waals surface area contributed by atoms with E-state index < -0.39 is 18.5 Å². The Labute approximate surface area is 218 Å². The molecule has 4 aromatic rings. The van der Waals surface area contributed by atoms with Crippen molar-refractivity contribution in [3.63, 3.8) is 0 Å². The molecule has 0 aliphatic carbocycles. The highest BCUT2D eigenvalue weighted by molar-refractivity contribution is 5.89. The molecule has 2 fully saturated rings. The fraction of sp³-hybridized carbons (Fsp3) is 0.538. The van der Waals surface area contributed by atoms with Gasteiger partial charge in [0.1, 0.15) is 17.7 Å². The van der Waals surface area contributed by atoms with Crippen molar-refractivity contribution in [2.24, 2.45) is 5.41 Å². The van der Waals surface area contributed by atoms with Gasteiger partial charge >= 0.3 is 0 Å². The molecule has 2 aliphatic rings. The van der Waals surface area contributed by atoms with E-state index in [0.29, 0.717) is 39.7 Å². The van der Waals surface area contributed by atoms with Gasteiger partial charge < -0.3 is 14.8 Å². The summed E-state index contributed by atoms with van der Waals surface area (Å²) in [5, 5.41) is 16.3. The number of rotatable bonds is 7. The summed E-state index contributed by atoms with van der Waals surface area (Å²) in [5.74, 6) is 0.166. The minimum Gasteiger partial charge on any atom is -0.479 e. The molecule has 0 spiro atoms. The number of anilines is 1. The highest BCUT2D eigenvalue weighted by atomic mass is 19.1. The third-order valence-electron chi connectivity index (χ3n) is 7.85. The predicted molar refractivity (Wildman–Crippen MR) is 139 cm³/mol. The van der Waals surface area contributed by atoms with Crippen molar-refractivity contribution in [1.82, 2.24) is 34.5 Å². The lowest BCUT2D eigenvalue weighted by atomic mass is 9.78. The summed E-state index contributed by atoms with van der Waals surface area (Å²) in [7, 11) is 1.51. The number of ether oxygens (including phenoxy) is 2. The Morgan fingerprint density at radius 3 is 2.79 bits per heavy atom. The van der Waals surface area contributed by atoms with Crippen molar-refractivity contribution in [2.45, 2.75) is 45.3 Å². The van der Waals surface area contributed by atoms with Gasteiger partial charge in [-0.05, 0) is 36.5 Å². The van der Waals surface area contributed by atoms with Gasteiger partial charge in [-0.1, -0.05) is 25.1 Å². The third-order valence-corrected chi connectivity index (χ3v) is 7.85. The van der Waals surface area contributed by atoms with E-state index in [1.165, 1.54) is 22.5 Å². The van der Waals surface area contributed by atoms with Crippen LogP contribution in [0.15, 0.2) is 24.4 Å². The van der Waals surface area contributed by atoms with Crippen LogP contribution in [0.25, 0.3) is 27.7 Å². The smallest absolute Gasteiger partial charge is 0.244 e. The Morgan fingerprint density at radius 2 is 2.11 bits per heavy atom. The van der Waals surface area contributed by atoms with Gasteiger partial charge in [-0.2, -0.15) is 4.98 Å². The maximum atomic E-state index is 15.5. The van der Waals surface area contributed by atoms with Crippen LogP contribution in [0.4, 0.5) is 14.7 Å². The quantitative estimate of drug-likeness (QED) is 0.389. The van der Waals surface area contributed by atoms with E-state index in [9.17, 15) is 4.39 Å². The highest BCUT2D eigenvalue weighted by Crippen LogP contribution is 2.37. The second kappa shape index (κ2) is 9.42. The van der Waals surface area contributed by atoms with Gasteiger partial charge in [0, 0.05) is 19.1 Å². The van der Waals surface area contributed by atoms with Crippen LogP contribution < -0.4 is 10.1 Å². The highest BCUT2D eigenvalue weighted by Gasteiger charge is 2.40. The Hall–Kier alpha value is -3.38. The van der Waals surface area contributed by atoms with Crippen LogP contribution in [0.5, 0.6) is 5.88 Å². The molecule has 12 heteroatoms. The molecule has 2 saturated heterocycles. The Morgan fingerprint density at radius 1 is 1.29 bits per heavy atom. The molecule has 10 nitrogen and oxygen atoms in total. The number of hydrogen-bond donors (Lipinski definition) is 1. The summed E-state index contributed by atoms with van der Waals surface area (Å²) in [6.45, 7) is 9.10. The number of aromatic nitrogens is 6. The standard InChI is InChI=1S/C26H32F2N8O2/c1-15(10-27)36-20-9-16(5-6-19(20)31-33-36)22-18(28)11-35-23(22)24(37-4)30-25(32-35)29-21-7-8-34(14-26(21,2)3)17-12-38-13-17/h5-6,9,11,15,17,21H,7-8,10,12-14H2,1-4H3,(H,29,32)/t15-,21+/m1/s1. The van der Waals surface area contributed by atoms with Crippen molar-refractivity contribution < 1.29 is 18.3 Å². The number of fused-ring (bicyclic) bond motifs is 2. The monoisotopic (exact) mass is 526 g/mol. The number of nitrogens with one attached hydrogen (secondary N) is 1. The van der Waals surface area contributed by atoms with Crippen molar-refractivity contribution in [2.75, 3.05) is 45.4 Å². The molecule has 202 valence electrons. The molecule has 0 unspecified atom stereocenters. The summed E-state index contributed by atoms with van der Waals surface area (Å²) < 4.78 is 42.8. The summed E-state index contributed by atoms with van der Waals surface area (Å²) >= 11 is 0. The van der Waals surface area contributed by atoms with Crippen molar-refractivity contribution >= 4 is 22.5 Å². The maximum absolute atomic E-state index is 15.5. The molecule has 2 aliphatic heterocycles. The van der Waals surface area contributed by atoms with Crippen LogP contribution in [-0.2, 0) is 4.74 Å². The molecule has 38 heavy (non-hydrogen) atoms. The van der Waals surface area contributed by atoms with Crippen LogP contribution in [0.3, 0.4) is 0 Å². The van der Waals surface area contributed by atoms with E-state index in [1.807, 2.05) is 0 Å². The first-order valence-corrected chi connectivity index (χ1v) is 12.9. The minimum absolute atomic E-state index is 0.0321. The first kappa shape index (κ1) is 24.9. The van der Waals surface area contributed by atoms with Crippen LogP contribution >= 0.6 is 0 Å². The zero-order chi connectivity index (χ0) is 26.6. The molecule has 1 N–H and O–H groups in total. The Kier molecular flexibility index (Phi) is 6.18. The summed E-state index contributed by atoms with van der Waals surface area (Å²) in [5.41, 5.74) is 2.47. The molecule has 0 saturated carbocycles. The summed E-state index contributed by atoms with van der Waals surface area (Å²) in [4.78, 5) is 7.12. The van der Waals surface area contributed by atoms with Gasteiger partial charge in [0.15, 0.2) is 5.82 Å². The number of methoxy groups -OCH3 is 1. The van der Waals surface area contributed by atoms with Gasteiger partial charge in [0.05, 0.1) is 49.7 Å². The Balaban J connectivity index is 1.34. The lowest BCUT2D eigenvalue weighted by Gasteiger charge is -2.49. The van der Waals surface area contributed by atoms with E-state index in [-0.39, 0.29) is 17.3 Å². The topological polar surface area (TPSA) is 94.6 Å². The fourth-order valence-corrected chi connectivity index (χ4v) is 5.55. The summed E-state index contributed by atoms with van der Waals surface area (Å²) in [6.07, 6.45) is 2.26. The molecule has 0 radical (unpaired) electrons. The molecule has 1 aromatic carbocycles. The average Bonchev–Trinajstić information content (AvgIpc) is 3.43. The van der Waals surface area contributed by atoms with Crippen molar-refractivity contribution in [1.29, 1.82) is 0 Å². The van der Waals surface area contributed by atoms with Crippen molar-refractivity contribution in [3.8, 4) is 17.0 Å². The van der Waals surface area contributed by atoms with E-state index in [0.717, 1.165) is 32.7 Å². The molecule has 5 heterocycles. The molecule has 0 bridgehead atoms. The number of benzene rings is 1. The first-order chi connectivity index (χ1) is 18.3. The predicted octanol–water partition coefficient (Wildman–Crippen LogP) is 3.73. The van der Waals surface area contributed by atoms with E-state index in [1.54, 1.807) is 25.1 Å². The summed E-state index contributed by atoms with van der Waals surface area (Å²) in [6, 6.07) is 5.40. The van der Waals surface area contributed by atoms with Crippen LogP contribution in [0.2, 0.25) is 0 Å². The number of halogens is 2. The number of nitrogens with zero attached hydrogens (tertiary/aromatic N) is 7. The van der Waals surface area contributed by atoms with Gasteiger partial charge in [-0.15, -0.1) is 10.2 Å². The van der Waals surface area contributed by atoms with Crippen LogP contribution in [0.1, 0.15) is 33.2 Å². The number of hydrogen-bond acceptors (Lipinski definition) is 8. The van der Waals surface area contributed by atoms with Crippen LogP contribution in [-0.4, -0.2) is 86.7 Å². The molecular formula is C26H32F2N8O2. The first-order valence-electron chi connectivity index (χ1n) is 12.9.